The van der Waals surface area contributed by atoms with Gasteiger partial charge < -0.3 is 9.73 Å². The zero-order chi connectivity index (χ0) is 23.1. The Kier molecular flexibility index (Phi) is 5.34. The molecule has 3 heterocycles. The van der Waals surface area contributed by atoms with Crippen LogP contribution >= 0.6 is 0 Å². The molecule has 7 heteroatoms. The van der Waals surface area contributed by atoms with E-state index in [1.165, 1.54) is 6.07 Å². The molecule has 2 aromatic heterocycles. The first-order chi connectivity index (χ1) is 15.9. The van der Waals surface area contributed by atoms with Crippen LogP contribution in [-0.2, 0) is 11.3 Å². The van der Waals surface area contributed by atoms with Crippen molar-refractivity contribution in [1.29, 1.82) is 0 Å². The van der Waals surface area contributed by atoms with Gasteiger partial charge in [-0.15, -0.1) is 0 Å². The number of hydrogen-bond donors (Lipinski definition) is 1. The summed E-state index contributed by atoms with van der Waals surface area (Å²) in [4.78, 5) is 27.5. The van der Waals surface area contributed by atoms with Crippen LogP contribution in [0.1, 0.15) is 34.1 Å². The van der Waals surface area contributed by atoms with Gasteiger partial charge in [-0.3, -0.25) is 9.69 Å². The van der Waals surface area contributed by atoms with Crippen molar-refractivity contribution in [2.24, 2.45) is 0 Å². The average molecular weight is 443 g/mol. The van der Waals surface area contributed by atoms with Crippen molar-refractivity contribution >= 4 is 16.9 Å². The largest absolute Gasteiger partial charge is 0.423 e. The van der Waals surface area contributed by atoms with Crippen LogP contribution in [0, 0.1) is 20.8 Å². The molecule has 1 amide bonds. The van der Waals surface area contributed by atoms with Crippen LogP contribution in [0.5, 0.6) is 0 Å². The van der Waals surface area contributed by atoms with E-state index in [9.17, 15) is 9.59 Å². The third kappa shape index (κ3) is 3.85. The molecule has 0 radical (unpaired) electrons. The maximum Gasteiger partial charge on any atom is 0.336 e. The number of piperazine rings is 1. The van der Waals surface area contributed by atoms with E-state index in [1.807, 2.05) is 74.0 Å². The minimum absolute atomic E-state index is 0.0526. The van der Waals surface area contributed by atoms with E-state index in [4.69, 9.17) is 9.52 Å². The average Bonchev–Trinajstić information content (AvgIpc) is 3.08. The first kappa shape index (κ1) is 21.2. The van der Waals surface area contributed by atoms with E-state index in [-0.39, 0.29) is 11.5 Å². The minimum atomic E-state index is -0.496. The number of aryl methyl sites for hydroxylation is 2. The van der Waals surface area contributed by atoms with Crippen molar-refractivity contribution in [2.45, 2.75) is 33.4 Å². The smallest absolute Gasteiger partial charge is 0.336 e. The van der Waals surface area contributed by atoms with Crippen molar-refractivity contribution in [3.8, 4) is 5.69 Å². The first-order valence-electron chi connectivity index (χ1n) is 11.1. The second-order valence-electron chi connectivity index (χ2n) is 8.59. The lowest BCUT2D eigenvalue weighted by Gasteiger charge is -2.35. The van der Waals surface area contributed by atoms with Gasteiger partial charge in [-0.25, -0.2) is 9.48 Å². The van der Waals surface area contributed by atoms with Crippen molar-refractivity contribution in [3.05, 3.63) is 93.1 Å². The van der Waals surface area contributed by atoms with Gasteiger partial charge in [0.15, 0.2) is 0 Å². The number of nitrogens with zero attached hydrogens (tertiary/aromatic N) is 3. The molecule has 1 fully saturated rings. The topological polar surface area (TPSA) is 80.4 Å². The number of benzene rings is 2. The summed E-state index contributed by atoms with van der Waals surface area (Å²) in [6.45, 7) is 7.58. The van der Waals surface area contributed by atoms with Crippen LogP contribution in [0.2, 0.25) is 0 Å². The Morgan fingerprint density at radius 2 is 1.85 bits per heavy atom. The van der Waals surface area contributed by atoms with Gasteiger partial charge >= 0.3 is 5.63 Å². The summed E-state index contributed by atoms with van der Waals surface area (Å²) >= 11 is 0. The highest BCUT2D eigenvalue weighted by Gasteiger charge is 2.35. The second kappa shape index (κ2) is 8.33. The Morgan fingerprint density at radius 1 is 1.06 bits per heavy atom. The van der Waals surface area contributed by atoms with Crippen molar-refractivity contribution in [1.82, 2.24) is 20.0 Å². The molecule has 1 unspecified atom stereocenters. The van der Waals surface area contributed by atoms with Crippen LogP contribution in [0.3, 0.4) is 0 Å². The summed E-state index contributed by atoms with van der Waals surface area (Å²) in [6, 6.07) is 16.8. The maximum atomic E-state index is 13.2. The van der Waals surface area contributed by atoms with Gasteiger partial charge in [-0.05, 0) is 50.1 Å². The zero-order valence-electron chi connectivity index (χ0n) is 19.0. The molecule has 5 rings (SSSR count). The molecule has 168 valence electrons. The van der Waals surface area contributed by atoms with Gasteiger partial charge in [0.05, 0.1) is 11.4 Å². The molecular formula is C26H26N4O3. The first-order valence-corrected chi connectivity index (χ1v) is 11.1. The fourth-order valence-corrected chi connectivity index (χ4v) is 4.76. The van der Waals surface area contributed by atoms with E-state index in [2.05, 4.69) is 10.2 Å². The molecule has 1 aliphatic rings. The molecule has 0 bridgehead atoms. The second-order valence-corrected chi connectivity index (χ2v) is 8.59. The summed E-state index contributed by atoms with van der Waals surface area (Å²) in [5.74, 6) is -0.0526. The van der Waals surface area contributed by atoms with Crippen LogP contribution in [0.15, 0.2) is 63.8 Å². The summed E-state index contributed by atoms with van der Waals surface area (Å²) in [7, 11) is 0. The van der Waals surface area contributed by atoms with Crippen molar-refractivity contribution in [2.75, 3.05) is 13.1 Å². The zero-order valence-corrected chi connectivity index (χ0v) is 19.0. The van der Waals surface area contributed by atoms with Crippen molar-refractivity contribution in [3.63, 3.8) is 0 Å². The summed E-state index contributed by atoms with van der Waals surface area (Å²) < 4.78 is 7.32. The molecule has 2 aromatic carbocycles. The molecular weight excluding hydrogens is 416 g/mol. The van der Waals surface area contributed by atoms with E-state index in [1.54, 1.807) is 0 Å². The summed E-state index contributed by atoms with van der Waals surface area (Å²) in [5.41, 5.74) is 5.66. The van der Waals surface area contributed by atoms with Crippen LogP contribution in [0.25, 0.3) is 16.7 Å². The number of rotatable bonds is 4. The number of amides is 1. The third-order valence-electron chi connectivity index (χ3n) is 6.29. The quantitative estimate of drug-likeness (QED) is 0.489. The predicted octanol–water partition coefficient (Wildman–Crippen LogP) is 3.58. The van der Waals surface area contributed by atoms with Crippen LogP contribution in [0.4, 0.5) is 0 Å². The molecule has 1 aliphatic heterocycles. The summed E-state index contributed by atoms with van der Waals surface area (Å²) in [6.07, 6.45) is 0. The molecule has 1 atom stereocenters. The summed E-state index contributed by atoms with van der Waals surface area (Å²) in [5, 5.41) is 8.65. The molecule has 0 saturated carbocycles. The predicted molar refractivity (Wildman–Crippen MR) is 126 cm³/mol. The number of hydrogen-bond acceptors (Lipinski definition) is 5. The Labute approximate surface area is 191 Å². The van der Waals surface area contributed by atoms with Crippen molar-refractivity contribution < 1.29 is 9.21 Å². The molecule has 1 N–H and O–H groups in total. The fraction of sp³-hybridized carbons (Fsp3) is 0.269. The van der Waals surface area contributed by atoms with E-state index in [0.29, 0.717) is 25.2 Å². The number of aromatic nitrogens is 2. The Balaban J connectivity index is 1.58. The lowest BCUT2D eigenvalue weighted by atomic mass is 9.99. The van der Waals surface area contributed by atoms with Gasteiger partial charge in [0.2, 0.25) is 5.91 Å². The number of nitrogens with one attached hydrogen (secondary N) is 1. The van der Waals surface area contributed by atoms with E-state index >= 15 is 0 Å². The minimum Gasteiger partial charge on any atom is -0.423 e. The van der Waals surface area contributed by atoms with Gasteiger partial charge in [0.1, 0.15) is 11.6 Å². The van der Waals surface area contributed by atoms with E-state index < -0.39 is 6.04 Å². The van der Waals surface area contributed by atoms with Crippen LogP contribution < -0.4 is 10.9 Å². The number of para-hydroxylation sites is 1. The SMILES string of the molecule is Cc1ccc2c(CN3CCNC(=O)C3c3c(C)nn(-c4ccccc4)c3C)cc(=O)oc2c1. The highest BCUT2D eigenvalue weighted by molar-refractivity contribution is 5.85. The molecule has 0 spiro atoms. The molecule has 33 heavy (non-hydrogen) atoms. The standard InChI is InChI=1S/C26H26N4O3/c1-16-9-10-21-19(14-23(31)33-22(21)13-16)15-29-12-11-27-26(32)25(29)24-17(2)28-30(18(24)3)20-7-5-4-6-8-20/h4-10,13-14,25H,11-12,15H2,1-3H3,(H,27,32). The van der Waals surface area contributed by atoms with E-state index in [0.717, 1.165) is 39.2 Å². The lowest BCUT2D eigenvalue weighted by molar-refractivity contribution is -0.129. The van der Waals surface area contributed by atoms with Gasteiger partial charge in [-0.2, -0.15) is 5.10 Å². The lowest BCUT2D eigenvalue weighted by Crippen LogP contribution is -2.49. The Hall–Kier alpha value is -3.71. The van der Waals surface area contributed by atoms with Gasteiger partial charge in [-0.1, -0.05) is 30.3 Å². The third-order valence-corrected chi connectivity index (χ3v) is 6.29. The monoisotopic (exact) mass is 442 g/mol. The Bertz CT molecular complexity index is 1400. The van der Waals surface area contributed by atoms with Gasteiger partial charge in [0.25, 0.3) is 0 Å². The molecule has 1 saturated heterocycles. The normalized spacial score (nSPS) is 16.8. The number of carbonyl (C=O) groups excluding carboxylic acids is 1. The fourth-order valence-electron chi connectivity index (χ4n) is 4.76. The molecule has 0 aliphatic carbocycles. The maximum absolute atomic E-state index is 13.2. The molecule has 7 nitrogen and oxygen atoms in total. The highest BCUT2D eigenvalue weighted by atomic mass is 16.4. The number of fused-ring (bicyclic) bond motifs is 1. The molecule has 4 aromatic rings. The van der Waals surface area contributed by atoms with Crippen LogP contribution in [-0.4, -0.2) is 33.7 Å². The number of carbonyl (C=O) groups is 1. The van der Waals surface area contributed by atoms with Gasteiger partial charge in [0, 0.05) is 42.3 Å². The highest BCUT2D eigenvalue weighted by Crippen LogP contribution is 2.32. The Morgan fingerprint density at radius 3 is 2.64 bits per heavy atom.